The molecule has 180 valence electrons. The van der Waals surface area contributed by atoms with Gasteiger partial charge in [0, 0.05) is 35.5 Å². The number of halogens is 1. The second-order valence-electron chi connectivity index (χ2n) is 8.70. The van der Waals surface area contributed by atoms with Gasteiger partial charge in [-0.2, -0.15) is 0 Å². The molecule has 1 atom stereocenters. The van der Waals surface area contributed by atoms with Crippen LogP contribution in [0.15, 0.2) is 78.3 Å². The fourth-order valence-corrected chi connectivity index (χ4v) is 3.99. The predicted molar refractivity (Wildman–Crippen MR) is 134 cm³/mol. The van der Waals surface area contributed by atoms with Crippen molar-refractivity contribution in [3.63, 3.8) is 0 Å². The van der Waals surface area contributed by atoms with E-state index in [-0.39, 0.29) is 24.4 Å². The number of aryl methyl sites for hydroxylation is 2. The number of carbonyl (C=O) groups excluding carboxylic acids is 1. The highest BCUT2D eigenvalue weighted by Crippen LogP contribution is 2.31. The Hall–Kier alpha value is -4.46. The lowest BCUT2D eigenvalue weighted by Crippen LogP contribution is -2.24. The van der Waals surface area contributed by atoms with Gasteiger partial charge in [-0.15, -0.1) is 0 Å². The molecule has 0 fully saturated rings. The molecule has 1 amide bonds. The molecule has 4 aromatic rings. The van der Waals surface area contributed by atoms with Gasteiger partial charge < -0.3 is 10.2 Å². The van der Waals surface area contributed by atoms with Crippen LogP contribution in [0.25, 0.3) is 11.1 Å². The van der Waals surface area contributed by atoms with Crippen LogP contribution >= 0.6 is 0 Å². The zero-order valence-corrected chi connectivity index (χ0v) is 19.9. The van der Waals surface area contributed by atoms with Crippen molar-refractivity contribution in [3.05, 3.63) is 113 Å². The van der Waals surface area contributed by atoms with Gasteiger partial charge in [-0.25, -0.2) is 4.39 Å². The number of rotatable bonds is 6. The Kier molecular flexibility index (Phi) is 6.49. The number of nitrogens with one attached hydrogen (secondary N) is 1. The highest BCUT2D eigenvalue weighted by molar-refractivity contribution is 6.05. The van der Waals surface area contributed by atoms with E-state index in [0.29, 0.717) is 40.1 Å². The van der Waals surface area contributed by atoms with Crippen LogP contribution in [0.4, 0.5) is 4.39 Å². The number of aromatic nitrogens is 3. The number of pyridine rings is 1. The molecule has 2 aromatic heterocycles. The number of carbonyl (C=O) groups is 1. The van der Waals surface area contributed by atoms with Crippen molar-refractivity contribution >= 4 is 11.6 Å². The van der Waals surface area contributed by atoms with Gasteiger partial charge in [-0.05, 0) is 61.4 Å². The van der Waals surface area contributed by atoms with E-state index in [1.54, 1.807) is 36.8 Å². The summed E-state index contributed by atoms with van der Waals surface area (Å²) in [6.45, 7) is 3.90. The molecule has 3 heterocycles. The third-order valence-corrected chi connectivity index (χ3v) is 5.92. The summed E-state index contributed by atoms with van der Waals surface area (Å²) in [4.78, 5) is 31.6. The van der Waals surface area contributed by atoms with Crippen molar-refractivity contribution < 1.29 is 14.0 Å². The molecule has 5 rings (SSSR count). The average Bonchev–Trinajstić information content (AvgIpc) is 3.39. The van der Waals surface area contributed by atoms with Crippen LogP contribution in [0.5, 0.6) is 0 Å². The summed E-state index contributed by atoms with van der Waals surface area (Å²) in [5, 5.41) is 7.14. The zero-order valence-electron chi connectivity index (χ0n) is 19.9. The topological polar surface area (TPSA) is 89.4 Å². The smallest absolute Gasteiger partial charge is 0.251 e. The number of benzene rings is 2. The predicted octanol–water partition coefficient (Wildman–Crippen LogP) is 5.09. The summed E-state index contributed by atoms with van der Waals surface area (Å²) >= 11 is 0. The fourth-order valence-electron chi connectivity index (χ4n) is 3.99. The number of nitrogens with zero attached hydrogens (tertiary/aromatic N) is 4. The first-order valence-electron chi connectivity index (χ1n) is 11.6. The summed E-state index contributed by atoms with van der Waals surface area (Å²) in [5.41, 5.74) is 5.74. The van der Waals surface area contributed by atoms with Crippen LogP contribution in [0.3, 0.4) is 0 Å². The Balaban J connectivity index is 1.46. The lowest BCUT2D eigenvalue weighted by molar-refractivity contribution is 0.0826. The van der Waals surface area contributed by atoms with Crippen LogP contribution in [-0.4, -0.2) is 26.6 Å². The largest absolute Gasteiger partial charge is 0.385 e. The summed E-state index contributed by atoms with van der Waals surface area (Å²) < 4.78 is 14.9. The van der Waals surface area contributed by atoms with E-state index >= 15 is 0 Å². The monoisotopic (exact) mass is 481 g/mol. The summed E-state index contributed by atoms with van der Waals surface area (Å²) in [6, 6.07) is 15.9. The summed E-state index contributed by atoms with van der Waals surface area (Å²) in [5.74, 6) is -0.668. The van der Waals surface area contributed by atoms with Crippen molar-refractivity contribution in [2.45, 2.75) is 32.9 Å². The standard InChI is InChI=1S/C28H24FN5O2/c1-17-6-7-23(24(29)9-17)19-10-20(26-13-27(36-34-26)25-5-3-4-8-30-25)12-21(11-19)28(35)33-16-22-15-31-18(2)14-32-22/h3-12,14-15,27H,13,16H2,1-2H3,(H,33,35). The minimum atomic E-state index is -0.357. The maximum absolute atomic E-state index is 14.9. The van der Waals surface area contributed by atoms with E-state index < -0.39 is 0 Å². The maximum Gasteiger partial charge on any atom is 0.251 e. The molecular weight excluding hydrogens is 457 g/mol. The van der Waals surface area contributed by atoms with Crippen LogP contribution in [-0.2, 0) is 11.4 Å². The first-order chi connectivity index (χ1) is 17.5. The zero-order chi connectivity index (χ0) is 25.1. The lowest BCUT2D eigenvalue weighted by atomic mass is 9.94. The van der Waals surface area contributed by atoms with E-state index in [4.69, 9.17) is 4.84 Å². The van der Waals surface area contributed by atoms with Crippen molar-refractivity contribution in [3.8, 4) is 11.1 Å². The summed E-state index contributed by atoms with van der Waals surface area (Å²) in [7, 11) is 0. The van der Waals surface area contributed by atoms with Gasteiger partial charge in [-0.3, -0.25) is 19.7 Å². The molecule has 1 N–H and O–H groups in total. The van der Waals surface area contributed by atoms with Gasteiger partial charge in [0.05, 0.1) is 35.5 Å². The SMILES string of the molecule is Cc1ccc(-c2cc(C(=O)NCc3cnc(C)cn3)cc(C3=NOC(c4ccccn4)C3)c2)c(F)c1. The van der Waals surface area contributed by atoms with Crippen LogP contribution in [0.1, 0.15) is 51.1 Å². The molecule has 1 unspecified atom stereocenters. The Morgan fingerprint density at radius 1 is 1.03 bits per heavy atom. The van der Waals surface area contributed by atoms with Gasteiger partial charge in [-0.1, -0.05) is 23.4 Å². The van der Waals surface area contributed by atoms with E-state index in [2.05, 4.69) is 25.4 Å². The molecule has 8 heteroatoms. The highest BCUT2D eigenvalue weighted by atomic mass is 19.1. The molecule has 0 radical (unpaired) electrons. The molecule has 0 aliphatic carbocycles. The average molecular weight is 482 g/mol. The second kappa shape index (κ2) is 10.0. The minimum Gasteiger partial charge on any atom is -0.385 e. The minimum absolute atomic E-state index is 0.219. The Labute approximate surface area is 208 Å². The van der Waals surface area contributed by atoms with Gasteiger partial charge >= 0.3 is 0 Å². The second-order valence-corrected chi connectivity index (χ2v) is 8.70. The molecule has 0 saturated heterocycles. The Morgan fingerprint density at radius 2 is 1.89 bits per heavy atom. The normalized spacial score (nSPS) is 14.8. The molecule has 0 spiro atoms. The fraction of sp³-hybridized carbons (Fsp3) is 0.179. The molecule has 0 saturated carbocycles. The van der Waals surface area contributed by atoms with Crippen LogP contribution < -0.4 is 5.32 Å². The first kappa shape index (κ1) is 23.3. The van der Waals surface area contributed by atoms with Crippen molar-refractivity contribution in [1.82, 2.24) is 20.3 Å². The van der Waals surface area contributed by atoms with Crippen molar-refractivity contribution in [2.75, 3.05) is 0 Å². The van der Waals surface area contributed by atoms with Crippen molar-refractivity contribution in [1.29, 1.82) is 0 Å². The number of hydrogen-bond donors (Lipinski definition) is 1. The summed E-state index contributed by atoms with van der Waals surface area (Å²) in [6.07, 6.45) is 5.14. The van der Waals surface area contributed by atoms with E-state index in [0.717, 1.165) is 17.0 Å². The molecular formula is C28H24FN5O2. The molecule has 7 nitrogen and oxygen atoms in total. The van der Waals surface area contributed by atoms with Crippen molar-refractivity contribution in [2.24, 2.45) is 5.16 Å². The first-order valence-corrected chi connectivity index (χ1v) is 11.6. The third kappa shape index (κ3) is 5.12. The number of amides is 1. The van der Waals surface area contributed by atoms with Crippen LogP contribution in [0, 0.1) is 19.7 Å². The molecule has 0 bridgehead atoms. The maximum atomic E-state index is 14.9. The van der Waals surface area contributed by atoms with E-state index in [1.807, 2.05) is 44.2 Å². The van der Waals surface area contributed by atoms with Gasteiger partial charge in [0.15, 0.2) is 6.10 Å². The molecule has 2 aromatic carbocycles. The van der Waals surface area contributed by atoms with E-state index in [9.17, 15) is 9.18 Å². The molecule has 36 heavy (non-hydrogen) atoms. The van der Waals surface area contributed by atoms with Crippen LogP contribution in [0.2, 0.25) is 0 Å². The Morgan fingerprint density at radius 3 is 2.64 bits per heavy atom. The Bertz CT molecular complexity index is 1440. The van der Waals surface area contributed by atoms with E-state index in [1.165, 1.54) is 6.07 Å². The van der Waals surface area contributed by atoms with Gasteiger partial charge in [0.25, 0.3) is 5.91 Å². The van der Waals surface area contributed by atoms with Gasteiger partial charge in [0.1, 0.15) is 5.82 Å². The third-order valence-electron chi connectivity index (χ3n) is 5.92. The lowest BCUT2D eigenvalue weighted by Gasteiger charge is -2.12. The van der Waals surface area contributed by atoms with Gasteiger partial charge in [0.2, 0.25) is 0 Å². The molecule has 1 aliphatic rings. The highest BCUT2D eigenvalue weighted by Gasteiger charge is 2.26. The number of hydrogen-bond acceptors (Lipinski definition) is 6. The quantitative estimate of drug-likeness (QED) is 0.414. The molecule has 1 aliphatic heterocycles. The number of oxime groups is 1.